The van der Waals surface area contributed by atoms with Crippen molar-refractivity contribution in [3.63, 3.8) is 0 Å². The quantitative estimate of drug-likeness (QED) is 0.313. The van der Waals surface area contributed by atoms with Crippen LogP contribution in [0.2, 0.25) is 0 Å². The first-order valence-electron chi connectivity index (χ1n) is 11.0. The van der Waals surface area contributed by atoms with Crippen LogP contribution in [0, 0.1) is 0 Å². The summed E-state index contributed by atoms with van der Waals surface area (Å²) in [5, 5.41) is 3.60. The summed E-state index contributed by atoms with van der Waals surface area (Å²) in [6.07, 6.45) is 0. The minimum absolute atomic E-state index is 0.358. The molecular formula is C31H23N. The summed E-state index contributed by atoms with van der Waals surface area (Å²) < 4.78 is 0. The van der Waals surface area contributed by atoms with E-state index in [4.69, 9.17) is 0 Å². The second-order valence-electron chi connectivity index (χ2n) is 8.28. The molecule has 152 valence electrons. The van der Waals surface area contributed by atoms with Crippen LogP contribution in [-0.4, -0.2) is 0 Å². The molecule has 0 saturated carbocycles. The fraction of sp³-hybridized carbons (Fsp3) is 0.0323. The molecule has 1 nitrogen and oxygen atoms in total. The molecule has 1 aliphatic rings. The molecule has 5 aromatic rings. The first-order chi connectivity index (χ1) is 15.9. The molecule has 0 radical (unpaired) electrons. The number of nitrogens with one attached hydrogen (secondary N) is 1. The number of hydrogen-bond donors (Lipinski definition) is 1. The fourth-order valence-electron chi connectivity index (χ4n) is 5.21. The van der Waals surface area contributed by atoms with Gasteiger partial charge in [0, 0.05) is 11.4 Å². The van der Waals surface area contributed by atoms with Gasteiger partial charge in [0.2, 0.25) is 0 Å². The van der Waals surface area contributed by atoms with Gasteiger partial charge in [0.1, 0.15) is 0 Å². The van der Waals surface area contributed by atoms with E-state index < -0.39 is 0 Å². The van der Waals surface area contributed by atoms with Crippen molar-refractivity contribution in [1.29, 1.82) is 0 Å². The molecule has 0 fully saturated rings. The molecule has 0 aliphatic heterocycles. The molecule has 0 spiro atoms. The molecule has 0 heterocycles. The second-order valence-corrected chi connectivity index (χ2v) is 8.28. The molecule has 0 atom stereocenters. The van der Waals surface area contributed by atoms with Crippen molar-refractivity contribution in [2.45, 2.75) is 5.41 Å². The highest BCUT2D eigenvalue weighted by Gasteiger charge is 2.45. The third kappa shape index (κ3) is 2.79. The molecule has 5 aromatic carbocycles. The number of hydrogen-bond acceptors (Lipinski definition) is 1. The van der Waals surface area contributed by atoms with Gasteiger partial charge in [-0.25, -0.2) is 0 Å². The summed E-state index contributed by atoms with van der Waals surface area (Å²) in [4.78, 5) is 0. The number of rotatable bonds is 4. The average molecular weight is 410 g/mol. The monoisotopic (exact) mass is 409 g/mol. The van der Waals surface area contributed by atoms with Crippen LogP contribution in [0.4, 0.5) is 11.4 Å². The highest BCUT2D eigenvalue weighted by atomic mass is 14.9. The third-order valence-electron chi connectivity index (χ3n) is 6.52. The van der Waals surface area contributed by atoms with E-state index in [1.54, 1.807) is 0 Å². The topological polar surface area (TPSA) is 12.0 Å². The predicted molar refractivity (Wildman–Crippen MR) is 133 cm³/mol. The Morgan fingerprint density at radius 1 is 0.406 bits per heavy atom. The van der Waals surface area contributed by atoms with Crippen LogP contribution in [-0.2, 0) is 5.41 Å². The Kier molecular flexibility index (Phi) is 4.40. The zero-order chi connectivity index (χ0) is 21.4. The molecule has 6 rings (SSSR count). The lowest BCUT2D eigenvalue weighted by Gasteiger charge is -2.34. The summed E-state index contributed by atoms with van der Waals surface area (Å²) >= 11 is 0. The molecule has 1 N–H and O–H groups in total. The smallest absolute Gasteiger partial charge is 0.0714 e. The van der Waals surface area contributed by atoms with Gasteiger partial charge < -0.3 is 5.32 Å². The van der Waals surface area contributed by atoms with Crippen molar-refractivity contribution in [1.82, 2.24) is 0 Å². The Hall–Kier alpha value is -4.10. The van der Waals surface area contributed by atoms with Gasteiger partial charge in [-0.3, -0.25) is 0 Å². The van der Waals surface area contributed by atoms with Crippen LogP contribution in [0.15, 0.2) is 133 Å². The van der Waals surface area contributed by atoms with Crippen LogP contribution in [0.1, 0.15) is 22.3 Å². The minimum Gasteiger partial charge on any atom is -0.356 e. The number of benzene rings is 5. The van der Waals surface area contributed by atoms with E-state index >= 15 is 0 Å². The molecule has 0 unspecified atom stereocenters. The van der Waals surface area contributed by atoms with E-state index in [-0.39, 0.29) is 5.41 Å². The summed E-state index contributed by atoms with van der Waals surface area (Å²) in [5.74, 6) is 0. The van der Waals surface area contributed by atoms with Gasteiger partial charge >= 0.3 is 0 Å². The van der Waals surface area contributed by atoms with Gasteiger partial charge in [-0.05, 0) is 57.6 Å². The van der Waals surface area contributed by atoms with E-state index in [0.717, 1.165) is 11.4 Å². The molecule has 1 heteroatoms. The van der Waals surface area contributed by atoms with Crippen LogP contribution < -0.4 is 5.32 Å². The second kappa shape index (κ2) is 7.55. The Morgan fingerprint density at radius 3 is 1.59 bits per heavy atom. The standard InChI is InChI=1S/C31H23N/c1-4-12-23(13-5-1)31(24-14-6-2-7-15-24)29-19-11-10-18-27(29)28-21-20-26(22-30(28)31)32-25-16-8-3-9-17-25/h1-22,32H. The lowest BCUT2D eigenvalue weighted by molar-refractivity contribution is 0.769. The largest absolute Gasteiger partial charge is 0.356 e. The highest BCUT2D eigenvalue weighted by molar-refractivity contribution is 5.87. The molecule has 0 amide bonds. The molecule has 0 bridgehead atoms. The first-order valence-corrected chi connectivity index (χ1v) is 11.0. The van der Waals surface area contributed by atoms with Gasteiger partial charge in [0.15, 0.2) is 0 Å². The van der Waals surface area contributed by atoms with Gasteiger partial charge in [0.25, 0.3) is 0 Å². The maximum atomic E-state index is 3.60. The molecule has 32 heavy (non-hydrogen) atoms. The molecular weight excluding hydrogens is 386 g/mol. The average Bonchev–Trinajstić information content (AvgIpc) is 3.16. The number of para-hydroxylation sites is 1. The highest BCUT2D eigenvalue weighted by Crippen LogP contribution is 2.56. The minimum atomic E-state index is -0.358. The first kappa shape index (κ1) is 18.7. The summed E-state index contributed by atoms with van der Waals surface area (Å²) in [6.45, 7) is 0. The van der Waals surface area contributed by atoms with Crippen LogP contribution in [0.3, 0.4) is 0 Å². The Morgan fingerprint density at radius 2 is 0.938 bits per heavy atom. The molecule has 0 saturated heterocycles. The zero-order valence-electron chi connectivity index (χ0n) is 17.7. The van der Waals surface area contributed by atoms with Crippen LogP contribution >= 0.6 is 0 Å². The van der Waals surface area contributed by atoms with Crippen LogP contribution in [0.5, 0.6) is 0 Å². The third-order valence-corrected chi connectivity index (χ3v) is 6.52. The Balaban J connectivity index is 1.65. The van der Waals surface area contributed by atoms with E-state index in [2.05, 4.69) is 133 Å². The van der Waals surface area contributed by atoms with Crippen molar-refractivity contribution in [3.8, 4) is 11.1 Å². The molecule has 0 aromatic heterocycles. The predicted octanol–water partition coefficient (Wildman–Crippen LogP) is 7.79. The van der Waals surface area contributed by atoms with E-state index in [0.29, 0.717) is 0 Å². The van der Waals surface area contributed by atoms with Crippen LogP contribution in [0.25, 0.3) is 11.1 Å². The van der Waals surface area contributed by atoms with Crippen molar-refractivity contribution >= 4 is 11.4 Å². The summed E-state index contributed by atoms with van der Waals surface area (Å²) in [6, 6.07) is 47.8. The van der Waals surface area contributed by atoms with Gasteiger partial charge in [-0.2, -0.15) is 0 Å². The van der Waals surface area contributed by atoms with E-state index in [1.165, 1.54) is 33.4 Å². The normalized spacial score (nSPS) is 13.2. The maximum Gasteiger partial charge on any atom is 0.0714 e. The van der Waals surface area contributed by atoms with Crippen molar-refractivity contribution in [3.05, 3.63) is 156 Å². The van der Waals surface area contributed by atoms with Crippen molar-refractivity contribution in [2.75, 3.05) is 5.32 Å². The van der Waals surface area contributed by atoms with Crippen molar-refractivity contribution in [2.24, 2.45) is 0 Å². The van der Waals surface area contributed by atoms with Gasteiger partial charge in [0.05, 0.1) is 5.41 Å². The SMILES string of the molecule is c1ccc(Nc2ccc3c(c2)C(c2ccccc2)(c2ccccc2)c2ccccc2-3)cc1. The van der Waals surface area contributed by atoms with E-state index in [1.807, 2.05) is 6.07 Å². The van der Waals surface area contributed by atoms with Gasteiger partial charge in [-0.1, -0.05) is 109 Å². The zero-order valence-corrected chi connectivity index (χ0v) is 17.7. The number of anilines is 2. The lowest BCUT2D eigenvalue weighted by Crippen LogP contribution is -2.28. The molecule has 1 aliphatic carbocycles. The maximum absolute atomic E-state index is 3.60. The number of fused-ring (bicyclic) bond motifs is 3. The van der Waals surface area contributed by atoms with Gasteiger partial charge in [-0.15, -0.1) is 0 Å². The lowest BCUT2D eigenvalue weighted by atomic mass is 9.67. The van der Waals surface area contributed by atoms with Crippen molar-refractivity contribution < 1.29 is 0 Å². The van der Waals surface area contributed by atoms with E-state index in [9.17, 15) is 0 Å². The Labute approximate surface area is 189 Å². The fourth-order valence-corrected chi connectivity index (χ4v) is 5.21. The summed E-state index contributed by atoms with van der Waals surface area (Å²) in [7, 11) is 0. The summed E-state index contributed by atoms with van der Waals surface area (Å²) in [5.41, 5.74) is 9.66. The Bertz CT molecular complexity index is 1330.